The monoisotopic (exact) mass is 355 g/mol. The van der Waals surface area contributed by atoms with Crippen molar-refractivity contribution in [3.63, 3.8) is 0 Å². The van der Waals surface area contributed by atoms with Crippen LogP contribution in [-0.2, 0) is 10.0 Å². The van der Waals surface area contributed by atoms with Gasteiger partial charge in [0.25, 0.3) is 0 Å². The standard InChI is InChI=1S/C14H17N3O6S/c1-4-22-12-9-10(8-11(17(18)19)13(12)23-5-2)14-15-6-7-16(14)24(3,20)21/h6-9H,4-5H2,1-3H3. The van der Waals surface area contributed by atoms with Crippen LogP contribution in [0.3, 0.4) is 0 Å². The molecule has 0 bridgehead atoms. The normalized spacial score (nSPS) is 11.3. The Morgan fingerprint density at radius 1 is 1.25 bits per heavy atom. The lowest BCUT2D eigenvalue weighted by molar-refractivity contribution is -0.385. The Labute approximate surface area is 139 Å². The summed E-state index contributed by atoms with van der Waals surface area (Å²) >= 11 is 0. The molecule has 0 N–H and O–H groups in total. The fourth-order valence-electron chi connectivity index (χ4n) is 2.17. The van der Waals surface area contributed by atoms with Gasteiger partial charge in [-0.3, -0.25) is 10.1 Å². The molecule has 2 aromatic rings. The molecule has 0 saturated heterocycles. The number of nitro groups is 1. The number of hydrogen-bond donors (Lipinski definition) is 0. The zero-order valence-corrected chi connectivity index (χ0v) is 14.2. The molecule has 24 heavy (non-hydrogen) atoms. The molecule has 0 unspecified atom stereocenters. The third-order valence-electron chi connectivity index (χ3n) is 3.04. The maximum atomic E-state index is 11.8. The zero-order valence-electron chi connectivity index (χ0n) is 13.4. The van der Waals surface area contributed by atoms with Gasteiger partial charge in [0, 0.05) is 24.0 Å². The van der Waals surface area contributed by atoms with Crippen molar-refractivity contribution in [1.82, 2.24) is 8.96 Å². The predicted octanol–water partition coefficient (Wildman–Crippen LogP) is 2.06. The van der Waals surface area contributed by atoms with E-state index in [1.165, 1.54) is 24.5 Å². The highest BCUT2D eigenvalue weighted by atomic mass is 32.2. The largest absolute Gasteiger partial charge is 0.490 e. The van der Waals surface area contributed by atoms with E-state index in [-0.39, 0.29) is 41.8 Å². The first-order valence-corrected chi connectivity index (χ1v) is 8.96. The Kier molecular flexibility index (Phi) is 5.07. The Morgan fingerprint density at radius 3 is 2.46 bits per heavy atom. The molecular formula is C14H17N3O6S. The first-order chi connectivity index (χ1) is 11.3. The third-order valence-corrected chi connectivity index (χ3v) is 4.05. The smallest absolute Gasteiger partial charge is 0.315 e. The molecule has 0 amide bonds. The molecule has 0 radical (unpaired) electrons. The molecular weight excluding hydrogens is 338 g/mol. The van der Waals surface area contributed by atoms with Crippen molar-refractivity contribution in [3.8, 4) is 22.9 Å². The van der Waals surface area contributed by atoms with Gasteiger partial charge in [0.1, 0.15) is 0 Å². The molecule has 0 aliphatic heterocycles. The fourth-order valence-corrected chi connectivity index (χ4v) is 2.91. The van der Waals surface area contributed by atoms with E-state index in [4.69, 9.17) is 9.47 Å². The van der Waals surface area contributed by atoms with Crippen LogP contribution in [0.25, 0.3) is 11.4 Å². The Bertz CT molecular complexity index is 859. The number of nitro benzene ring substituents is 1. The van der Waals surface area contributed by atoms with Gasteiger partial charge < -0.3 is 9.47 Å². The molecule has 1 aromatic heterocycles. The molecule has 1 aromatic carbocycles. The van der Waals surface area contributed by atoms with Gasteiger partial charge in [0.05, 0.1) is 24.4 Å². The molecule has 2 rings (SSSR count). The lowest BCUT2D eigenvalue weighted by atomic mass is 10.1. The van der Waals surface area contributed by atoms with Gasteiger partial charge in [-0.15, -0.1) is 0 Å². The summed E-state index contributed by atoms with van der Waals surface area (Å²) in [5.74, 6) is 0.224. The SMILES string of the molecule is CCOc1cc(-c2nccn2S(C)(=O)=O)cc([N+](=O)[O-])c1OCC. The zero-order chi connectivity index (χ0) is 17.9. The van der Waals surface area contributed by atoms with E-state index < -0.39 is 14.9 Å². The van der Waals surface area contributed by atoms with Crippen LogP contribution in [-0.4, -0.2) is 41.8 Å². The van der Waals surface area contributed by atoms with E-state index in [0.717, 1.165) is 10.2 Å². The molecule has 0 aliphatic carbocycles. The number of aromatic nitrogens is 2. The van der Waals surface area contributed by atoms with Crippen LogP contribution in [0.1, 0.15) is 13.8 Å². The average molecular weight is 355 g/mol. The van der Waals surface area contributed by atoms with Crippen LogP contribution in [0.2, 0.25) is 0 Å². The van der Waals surface area contributed by atoms with Gasteiger partial charge in [0.2, 0.25) is 15.8 Å². The second kappa shape index (κ2) is 6.87. The number of ether oxygens (including phenoxy) is 2. The van der Waals surface area contributed by atoms with E-state index in [9.17, 15) is 18.5 Å². The molecule has 0 fully saturated rings. The summed E-state index contributed by atoms with van der Waals surface area (Å²) in [6.07, 6.45) is 3.59. The highest BCUT2D eigenvalue weighted by Gasteiger charge is 2.25. The van der Waals surface area contributed by atoms with Gasteiger partial charge in [-0.05, 0) is 19.9 Å². The van der Waals surface area contributed by atoms with Crippen LogP contribution in [0.4, 0.5) is 5.69 Å². The summed E-state index contributed by atoms with van der Waals surface area (Å²) < 4.78 is 35.4. The Hall–Kier alpha value is -2.62. The second-order valence-electron chi connectivity index (χ2n) is 4.76. The molecule has 0 aliphatic rings. The minimum Gasteiger partial charge on any atom is -0.490 e. The molecule has 0 spiro atoms. The van der Waals surface area contributed by atoms with Gasteiger partial charge in [-0.1, -0.05) is 0 Å². The van der Waals surface area contributed by atoms with Crippen LogP contribution >= 0.6 is 0 Å². The van der Waals surface area contributed by atoms with Gasteiger partial charge >= 0.3 is 5.69 Å². The van der Waals surface area contributed by atoms with E-state index in [1.807, 2.05) is 0 Å². The maximum absolute atomic E-state index is 11.8. The van der Waals surface area contributed by atoms with Crippen LogP contribution < -0.4 is 9.47 Å². The number of benzene rings is 1. The van der Waals surface area contributed by atoms with Crippen molar-refractivity contribution in [3.05, 3.63) is 34.6 Å². The van der Waals surface area contributed by atoms with Crippen molar-refractivity contribution in [2.75, 3.05) is 19.5 Å². The Balaban J connectivity index is 2.73. The number of rotatable bonds is 7. The summed E-state index contributed by atoms with van der Waals surface area (Å²) in [6, 6.07) is 2.70. The number of imidazole rings is 1. The summed E-state index contributed by atoms with van der Waals surface area (Å²) in [5, 5.41) is 11.4. The highest BCUT2D eigenvalue weighted by Crippen LogP contribution is 2.41. The van der Waals surface area contributed by atoms with Crippen molar-refractivity contribution in [2.45, 2.75) is 13.8 Å². The first kappa shape index (κ1) is 17.7. The van der Waals surface area contributed by atoms with Crippen LogP contribution in [0.15, 0.2) is 24.5 Å². The average Bonchev–Trinajstić information content (AvgIpc) is 2.98. The minimum absolute atomic E-state index is 0.00515. The number of nitrogens with zero attached hydrogens (tertiary/aromatic N) is 3. The summed E-state index contributed by atoms with van der Waals surface area (Å²) in [7, 11) is -3.60. The molecule has 9 nitrogen and oxygen atoms in total. The van der Waals surface area contributed by atoms with Gasteiger partial charge in [-0.25, -0.2) is 17.4 Å². The van der Waals surface area contributed by atoms with E-state index in [0.29, 0.717) is 0 Å². The predicted molar refractivity (Wildman–Crippen MR) is 86.9 cm³/mol. The van der Waals surface area contributed by atoms with Crippen molar-refractivity contribution < 1.29 is 22.8 Å². The van der Waals surface area contributed by atoms with Crippen LogP contribution in [0, 0.1) is 10.1 Å². The summed E-state index contributed by atoms with van der Waals surface area (Å²) in [4.78, 5) is 14.8. The maximum Gasteiger partial charge on any atom is 0.315 e. The molecule has 0 saturated carbocycles. The summed E-state index contributed by atoms with van der Waals surface area (Å²) in [5.41, 5.74) is -0.0788. The van der Waals surface area contributed by atoms with Gasteiger partial charge in [-0.2, -0.15) is 0 Å². The molecule has 1 heterocycles. The quantitative estimate of drug-likeness (QED) is 0.551. The van der Waals surface area contributed by atoms with Crippen molar-refractivity contribution in [2.24, 2.45) is 0 Å². The van der Waals surface area contributed by atoms with E-state index in [1.54, 1.807) is 13.8 Å². The summed E-state index contributed by atoms with van der Waals surface area (Å²) in [6.45, 7) is 3.91. The van der Waals surface area contributed by atoms with Gasteiger partial charge in [0.15, 0.2) is 11.6 Å². The Morgan fingerprint density at radius 2 is 1.92 bits per heavy atom. The third kappa shape index (κ3) is 3.48. The van der Waals surface area contributed by atoms with E-state index >= 15 is 0 Å². The van der Waals surface area contributed by atoms with Crippen molar-refractivity contribution >= 4 is 15.7 Å². The van der Waals surface area contributed by atoms with E-state index in [2.05, 4.69) is 4.98 Å². The molecule has 0 atom stereocenters. The highest BCUT2D eigenvalue weighted by molar-refractivity contribution is 7.89. The lowest BCUT2D eigenvalue weighted by Gasteiger charge is -2.13. The second-order valence-corrected chi connectivity index (χ2v) is 6.61. The lowest BCUT2D eigenvalue weighted by Crippen LogP contribution is -2.11. The number of hydrogen-bond acceptors (Lipinski definition) is 7. The minimum atomic E-state index is -3.60. The molecule has 130 valence electrons. The topological polar surface area (TPSA) is 114 Å². The van der Waals surface area contributed by atoms with Crippen molar-refractivity contribution in [1.29, 1.82) is 0 Å². The fraction of sp³-hybridized carbons (Fsp3) is 0.357. The van der Waals surface area contributed by atoms with Crippen LogP contribution in [0.5, 0.6) is 11.5 Å². The first-order valence-electron chi connectivity index (χ1n) is 7.11. The molecule has 10 heteroatoms.